The third-order valence-electron chi connectivity index (χ3n) is 4.17. The SMILES string of the molecule is Cc1ccc(C(C)(C)C)cc1S(=O)(=O)N1CCC[C@@H]1CO. The maximum atomic E-state index is 12.9. The van der Waals surface area contributed by atoms with E-state index < -0.39 is 10.0 Å². The molecule has 0 saturated carbocycles. The minimum atomic E-state index is -3.54. The van der Waals surface area contributed by atoms with Gasteiger partial charge in [-0.25, -0.2) is 8.42 Å². The van der Waals surface area contributed by atoms with Crippen LogP contribution in [0.15, 0.2) is 23.1 Å². The smallest absolute Gasteiger partial charge is 0.243 e. The zero-order valence-corrected chi connectivity index (χ0v) is 14.1. The van der Waals surface area contributed by atoms with Crippen molar-refractivity contribution in [1.29, 1.82) is 0 Å². The molecule has 0 aromatic heterocycles. The molecule has 1 aromatic carbocycles. The van der Waals surface area contributed by atoms with Gasteiger partial charge in [0, 0.05) is 12.6 Å². The van der Waals surface area contributed by atoms with Gasteiger partial charge in [-0.15, -0.1) is 0 Å². The number of hydrogen-bond donors (Lipinski definition) is 1. The molecule has 0 amide bonds. The Labute approximate surface area is 127 Å². The fourth-order valence-electron chi connectivity index (χ4n) is 2.78. The lowest BCUT2D eigenvalue weighted by Crippen LogP contribution is -2.38. The minimum Gasteiger partial charge on any atom is -0.395 e. The van der Waals surface area contributed by atoms with Gasteiger partial charge >= 0.3 is 0 Å². The lowest BCUT2D eigenvalue weighted by molar-refractivity contribution is 0.213. The van der Waals surface area contributed by atoms with Gasteiger partial charge in [0.2, 0.25) is 10.0 Å². The molecular formula is C16H25NO3S. The summed E-state index contributed by atoms with van der Waals surface area (Å²) < 4.78 is 27.3. The Bertz CT molecular complexity index is 617. The van der Waals surface area contributed by atoms with Gasteiger partial charge in [0.25, 0.3) is 0 Å². The molecule has 1 saturated heterocycles. The van der Waals surface area contributed by atoms with Crippen LogP contribution in [0.3, 0.4) is 0 Å². The number of aryl methyl sites for hydroxylation is 1. The van der Waals surface area contributed by atoms with Crippen LogP contribution in [-0.4, -0.2) is 37.0 Å². The molecule has 4 nitrogen and oxygen atoms in total. The quantitative estimate of drug-likeness (QED) is 0.933. The first-order chi connectivity index (χ1) is 9.67. The Morgan fingerprint density at radius 2 is 2.00 bits per heavy atom. The Morgan fingerprint density at radius 1 is 1.33 bits per heavy atom. The molecule has 1 atom stereocenters. The first-order valence-corrected chi connectivity index (χ1v) is 8.86. The summed E-state index contributed by atoms with van der Waals surface area (Å²) in [7, 11) is -3.54. The molecule has 0 unspecified atom stereocenters. The van der Waals surface area contributed by atoms with Crippen LogP contribution >= 0.6 is 0 Å². The predicted octanol–water partition coefficient (Wildman–Crippen LogP) is 2.44. The second-order valence-electron chi connectivity index (χ2n) is 6.82. The lowest BCUT2D eigenvalue weighted by Gasteiger charge is -2.25. The van der Waals surface area contributed by atoms with E-state index in [1.165, 1.54) is 4.31 Å². The molecule has 21 heavy (non-hydrogen) atoms. The zero-order valence-electron chi connectivity index (χ0n) is 13.3. The summed E-state index contributed by atoms with van der Waals surface area (Å²) in [4.78, 5) is 0.371. The topological polar surface area (TPSA) is 57.6 Å². The van der Waals surface area contributed by atoms with E-state index in [4.69, 9.17) is 0 Å². The van der Waals surface area contributed by atoms with Gasteiger partial charge in [0.1, 0.15) is 0 Å². The van der Waals surface area contributed by atoms with Crippen LogP contribution in [0.2, 0.25) is 0 Å². The molecule has 0 spiro atoms. The molecule has 118 valence electrons. The molecule has 5 heteroatoms. The Balaban J connectivity index is 2.49. The minimum absolute atomic E-state index is 0.0979. The summed E-state index contributed by atoms with van der Waals surface area (Å²) in [5.41, 5.74) is 1.66. The van der Waals surface area contributed by atoms with Gasteiger partial charge in [-0.1, -0.05) is 32.9 Å². The van der Waals surface area contributed by atoms with E-state index in [1.807, 2.05) is 19.1 Å². The maximum absolute atomic E-state index is 12.9. The van der Waals surface area contributed by atoms with Crippen LogP contribution in [-0.2, 0) is 15.4 Å². The average Bonchev–Trinajstić information content (AvgIpc) is 2.86. The second-order valence-corrected chi connectivity index (χ2v) is 8.68. The van der Waals surface area contributed by atoms with Gasteiger partial charge in [0.15, 0.2) is 0 Å². The van der Waals surface area contributed by atoms with Crippen molar-refractivity contribution in [2.75, 3.05) is 13.2 Å². The van der Waals surface area contributed by atoms with E-state index in [9.17, 15) is 13.5 Å². The summed E-state index contributed by atoms with van der Waals surface area (Å²) >= 11 is 0. The lowest BCUT2D eigenvalue weighted by atomic mass is 9.87. The van der Waals surface area contributed by atoms with Crippen molar-refractivity contribution in [1.82, 2.24) is 4.31 Å². The molecule has 1 aliphatic heterocycles. The highest BCUT2D eigenvalue weighted by Crippen LogP contribution is 2.31. The van der Waals surface area contributed by atoms with E-state index in [0.29, 0.717) is 11.4 Å². The summed E-state index contributed by atoms with van der Waals surface area (Å²) in [5, 5.41) is 9.39. The third kappa shape index (κ3) is 3.15. The van der Waals surface area contributed by atoms with Crippen molar-refractivity contribution in [2.45, 2.75) is 56.9 Å². The van der Waals surface area contributed by atoms with Crippen molar-refractivity contribution in [3.05, 3.63) is 29.3 Å². The van der Waals surface area contributed by atoms with Crippen molar-refractivity contribution >= 4 is 10.0 Å². The highest BCUT2D eigenvalue weighted by atomic mass is 32.2. The Kier molecular flexibility index (Phi) is 4.47. The maximum Gasteiger partial charge on any atom is 0.243 e. The van der Waals surface area contributed by atoms with Crippen LogP contribution < -0.4 is 0 Å². The molecule has 1 aromatic rings. The van der Waals surface area contributed by atoms with Crippen LogP contribution in [0, 0.1) is 6.92 Å². The fourth-order valence-corrected chi connectivity index (χ4v) is 4.72. The summed E-state index contributed by atoms with van der Waals surface area (Å²) in [5.74, 6) is 0. The summed E-state index contributed by atoms with van der Waals surface area (Å²) in [6, 6.07) is 5.37. The molecule has 2 rings (SSSR count). The number of nitrogens with zero attached hydrogens (tertiary/aromatic N) is 1. The Hall–Kier alpha value is -0.910. The van der Waals surface area contributed by atoms with Crippen LogP contribution in [0.25, 0.3) is 0 Å². The molecular weight excluding hydrogens is 286 g/mol. The predicted molar refractivity (Wildman–Crippen MR) is 83.9 cm³/mol. The molecule has 0 aliphatic carbocycles. The standard InChI is InChI=1S/C16H25NO3S/c1-12-7-8-13(16(2,3)4)10-15(12)21(19,20)17-9-5-6-14(17)11-18/h7-8,10,14,18H,5-6,9,11H2,1-4H3/t14-/m1/s1. The van der Waals surface area contributed by atoms with E-state index >= 15 is 0 Å². The molecule has 1 heterocycles. The second kappa shape index (κ2) is 5.71. The van der Waals surface area contributed by atoms with Gasteiger partial charge in [-0.2, -0.15) is 4.31 Å². The number of sulfonamides is 1. The van der Waals surface area contributed by atoms with Crippen molar-refractivity contribution in [3.8, 4) is 0 Å². The first-order valence-electron chi connectivity index (χ1n) is 7.42. The van der Waals surface area contributed by atoms with Crippen LogP contribution in [0.5, 0.6) is 0 Å². The van der Waals surface area contributed by atoms with E-state index in [1.54, 1.807) is 6.07 Å². The van der Waals surface area contributed by atoms with Gasteiger partial charge < -0.3 is 5.11 Å². The Morgan fingerprint density at radius 3 is 2.57 bits per heavy atom. The van der Waals surface area contributed by atoms with Gasteiger partial charge in [-0.05, 0) is 42.4 Å². The highest BCUT2D eigenvalue weighted by Gasteiger charge is 2.36. The number of rotatable bonds is 3. The number of benzene rings is 1. The summed E-state index contributed by atoms with van der Waals surface area (Å²) in [6.45, 7) is 8.41. The fraction of sp³-hybridized carbons (Fsp3) is 0.625. The van der Waals surface area contributed by atoms with Crippen molar-refractivity contribution in [2.24, 2.45) is 0 Å². The largest absolute Gasteiger partial charge is 0.395 e. The highest BCUT2D eigenvalue weighted by molar-refractivity contribution is 7.89. The number of hydrogen-bond acceptors (Lipinski definition) is 3. The van der Waals surface area contributed by atoms with E-state index in [0.717, 1.165) is 24.0 Å². The van der Waals surface area contributed by atoms with E-state index in [2.05, 4.69) is 20.8 Å². The van der Waals surface area contributed by atoms with Crippen molar-refractivity contribution < 1.29 is 13.5 Å². The van der Waals surface area contributed by atoms with Crippen LogP contribution in [0.1, 0.15) is 44.7 Å². The number of aliphatic hydroxyl groups is 1. The van der Waals surface area contributed by atoms with Crippen LogP contribution in [0.4, 0.5) is 0 Å². The zero-order chi connectivity index (χ0) is 15.8. The molecule has 1 aliphatic rings. The first kappa shape index (κ1) is 16.5. The average molecular weight is 311 g/mol. The molecule has 0 bridgehead atoms. The normalized spacial score (nSPS) is 20.9. The monoisotopic (exact) mass is 311 g/mol. The van der Waals surface area contributed by atoms with Gasteiger partial charge in [-0.3, -0.25) is 0 Å². The molecule has 1 N–H and O–H groups in total. The van der Waals surface area contributed by atoms with E-state index in [-0.39, 0.29) is 18.1 Å². The van der Waals surface area contributed by atoms with Crippen molar-refractivity contribution in [3.63, 3.8) is 0 Å². The van der Waals surface area contributed by atoms with Gasteiger partial charge in [0.05, 0.1) is 11.5 Å². The molecule has 1 fully saturated rings. The summed E-state index contributed by atoms with van der Waals surface area (Å²) in [6.07, 6.45) is 1.54. The number of aliphatic hydroxyl groups excluding tert-OH is 1. The third-order valence-corrected chi connectivity index (χ3v) is 6.27. The molecule has 0 radical (unpaired) electrons.